The van der Waals surface area contributed by atoms with Gasteiger partial charge in [0.25, 0.3) is 0 Å². The fraction of sp³-hybridized carbons (Fsp3) is 0.132. The van der Waals surface area contributed by atoms with Gasteiger partial charge in [-0.25, -0.2) is 9.97 Å². The predicted molar refractivity (Wildman–Crippen MR) is 166 cm³/mol. The molecule has 8 rings (SSSR count). The van der Waals surface area contributed by atoms with Crippen LogP contribution >= 0.6 is 0 Å². The van der Waals surface area contributed by atoms with Crippen LogP contribution in [0.5, 0.6) is 0 Å². The molecule has 0 radical (unpaired) electrons. The summed E-state index contributed by atoms with van der Waals surface area (Å²) in [6.07, 6.45) is 0. The van der Waals surface area contributed by atoms with E-state index in [1.807, 2.05) is 13.8 Å². The second-order valence-electron chi connectivity index (χ2n) is 11.4. The fourth-order valence-electron chi connectivity index (χ4n) is 7.40. The first-order valence-electron chi connectivity index (χ1n) is 14.2. The molecular formula is C38H29N3. The van der Waals surface area contributed by atoms with E-state index in [4.69, 9.17) is 9.97 Å². The van der Waals surface area contributed by atoms with Gasteiger partial charge in [0, 0.05) is 22.5 Å². The Hall–Kier alpha value is -4.89. The molecule has 0 saturated heterocycles. The molecule has 41 heavy (non-hydrogen) atoms. The first-order valence-corrected chi connectivity index (χ1v) is 14.2. The summed E-state index contributed by atoms with van der Waals surface area (Å²) in [5.74, 6) is 0.790. The third kappa shape index (κ3) is 3.29. The Morgan fingerprint density at radius 3 is 1.83 bits per heavy atom. The van der Waals surface area contributed by atoms with E-state index < -0.39 is 5.41 Å². The van der Waals surface area contributed by atoms with Crippen molar-refractivity contribution in [3.8, 4) is 44.8 Å². The molecule has 0 saturated carbocycles. The Bertz CT molecular complexity index is 1970. The van der Waals surface area contributed by atoms with E-state index in [9.17, 15) is 0 Å². The fourth-order valence-corrected chi connectivity index (χ4v) is 7.40. The number of fused-ring (bicyclic) bond motifs is 10. The summed E-state index contributed by atoms with van der Waals surface area (Å²) in [6.45, 7) is 8.23. The topological polar surface area (TPSA) is 38.7 Å². The monoisotopic (exact) mass is 527 g/mol. The number of hydrogen-bond donors (Lipinski definition) is 0. The van der Waals surface area contributed by atoms with E-state index >= 15 is 0 Å². The molecule has 0 N–H and O–H groups in total. The van der Waals surface area contributed by atoms with Crippen molar-refractivity contribution >= 4 is 0 Å². The van der Waals surface area contributed by atoms with Gasteiger partial charge >= 0.3 is 0 Å². The lowest BCUT2D eigenvalue weighted by atomic mass is 9.70. The zero-order valence-corrected chi connectivity index (χ0v) is 23.7. The van der Waals surface area contributed by atoms with Crippen molar-refractivity contribution in [3.05, 3.63) is 148 Å². The standard InChI is InChI=1S/C38H29N3/c1-22-18-23(2)40-36(19-22)30-12-9-15-33-37(30)29-17-16-26(35-20-24(3)39-25(4)41-35)21-34(29)38(33)31-13-7-5-10-27(31)28-11-6-8-14-32(28)38/h5-21H,1-4H3. The SMILES string of the molecule is Cc1cc(C)nc(-c2cccc3c2-c2ccc(-c4cc(C)nc(C)n4)cc2C32c3ccccc3-c3ccccc32)c1. The summed E-state index contributed by atoms with van der Waals surface area (Å²) in [5.41, 5.74) is 17.5. The Kier molecular flexibility index (Phi) is 5.00. The van der Waals surface area contributed by atoms with Crippen molar-refractivity contribution in [2.75, 3.05) is 0 Å². The molecule has 0 unspecified atom stereocenters. The molecular weight excluding hydrogens is 498 g/mol. The Morgan fingerprint density at radius 1 is 0.463 bits per heavy atom. The summed E-state index contributed by atoms with van der Waals surface area (Å²) in [4.78, 5) is 14.4. The summed E-state index contributed by atoms with van der Waals surface area (Å²) in [7, 11) is 0. The highest BCUT2D eigenvalue weighted by Gasteiger charge is 2.52. The molecule has 0 amide bonds. The van der Waals surface area contributed by atoms with Crippen molar-refractivity contribution in [2.45, 2.75) is 33.1 Å². The zero-order chi connectivity index (χ0) is 27.9. The van der Waals surface area contributed by atoms with Gasteiger partial charge in [-0.15, -0.1) is 0 Å². The van der Waals surface area contributed by atoms with E-state index in [-0.39, 0.29) is 0 Å². The normalized spacial score (nSPS) is 13.6. The van der Waals surface area contributed by atoms with Crippen LogP contribution in [-0.2, 0) is 5.41 Å². The lowest BCUT2D eigenvalue weighted by Crippen LogP contribution is -2.26. The summed E-state index contributed by atoms with van der Waals surface area (Å²) in [5, 5.41) is 0. The second-order valence-corrected chi connectivity index (χ2v) is 11.4. The van der Waals surface area contributed by atoms with Crippen LogP contribution in [0.4, 0.5) is 0 Å². The number of aromatic nitrogens is 3. The molecule has 3 nitrogen and oxygen atoms in total. The van der Waals surface area contributed by atoms with Gasteiger partial charge in [0.05, 0.1) is 16.8 Å². The molecule has 6 aromatic rings. The van der Waals surface area contributed by atoms with Crippen LogP contribution in [0.2, 0.25) is 0 Å². The predicted octanol–water partition coefficient (Wildman–Crippen LogP) is 8.78. The van der Waals surface area contributed by atoms with Crippen LogP contribution in [0, 0.1) is 27.7 Å². The van der Waals surface area contributed by atoms with Crippen molar-refractivity contribution < 1.29 is 0 Å². The molecule has 2 aliphatic rings. The molecule has 3 heteroatoms. The van der Waals surface area contributed by atoms with Crippen LogP contribution in [-0.4, -0.2) is 15.0 Å². The van der Waals surface area contributed by atoms with E-state index in [2.05, 4.69) is 122 Å². The third-order valence-corrected chi connectivity index (χ3v) is 8.75. The van der Waals surface area contributed by atoms with E-state index in [0.717, 1.165) is 34.2 Å². The lowest BCUT2D eigenvalue weighted by Gasteiger charge is -2.30. The van der Waals surface area contributed by atoms with Gasteiger partial charge in [0.2, 0.25) is 0 Å². The zero-order valence-electron chi connectivity index (χ0n) is 23.7. The minimum atomic E-state index is -0.431. The summed E-state index contributed by atoms with van der Waals surface area (Å²) < 4.78 is 0. The van der Waals surface area contributed by atoms with E-state index in [0.29, 0.717) is 0 Å². The highest BCUT2D eigenvalue weighted by atomic mass is 14.9. The van der Waals surface area contributed by atoms with Crippen molar-refractivity contribution in [3.63, 3.8) is 0 Å². The molecule has 4 aromatic carbocycles. The average Bonchev–Trinajstić information content (AvgIpc) is 3.43. The van der Waals surface area contributed by atoms with Crippen LogP contribution in [0.15, 0.2) is 103 Å². The number of rotatable bonds is 2. The molecule has 1 spiro atoms. The maximum atomic E-state index is 5.03. The second kappa shape index (κ2) is 8.55. The van der Waals surface area contributed by atoms with Gasteiger partial charge < -0.3 is 0 Å². The largest absolute Gasteiger partial charge is 0.253 e. The van der Waals surface area contributed by atoms with Crippen LogP contribution < -0.4 is 0 Å². The molecule has 0 atom stereocenters. The Balaban J connectivity index is 1.52. The Labute approximate surface area is 240 Å². The number of pyridine rings is 1. The van der Waals surface area contributed by atoms with Crippen molar-refractivity contribution in [2.24, 2.45) is 0 Å². The molecule has 196 valence electrons. The Morgan fingerprint density at radius 2 is 1.12 bits per heavy atom. The third-order valence-electron chi connectivity index (χ3n) is 8.75. The van der Waals surface area contributed by atoms with Crippen molar-refractivity contribution in [1.29, 1.82) is 0 Å². The number of nitrogens with zero attached hydrogens (tertiary/aromatic N) is 3. The minimum absolute atomic E-state index is 0.431. The summed E-state index contributed by atoms with van der Waals surface area (Å²) in [6, 6.07) is 38.0. The van der Waals surface area contributed by atoms with E-state index in [1.165, 1.54) is 55.6 Å². The smallest absolute Gasteiger partial charge is 0.126 e. The van der Waals surface area contributed by atoms with Crippen molar-refractivity contribution in [1.82, 2.24) is 15.0 Å². The van der Waals surface area contributed by atoms with Gasteiger partial charge in [-0.05, 0) is 102 Å². The lowest BCUT2D eigenvalue weighted by molar-refractivity contribution is 0.794. The molecule has 0 fully saturated rings. The maximum Gasteiger partial charge on any atom is 0.126 e. The molecule has 0 aliphatic heterocycles. The van der Waals surface area contributed by atoms with Gasteiger partial charge in [-0.2, -0.15) is 0 Å². The van der Waals surface area contributed by atoms with Gasteiger partial charge in [-0.3, -0.25) is 4.98 Å². The van der Waals surface area contributed by atoms with Gasteiger partial charge in [0.15, 0.2) is 0 Å². The molecule has 2 heterocycles. The van der Waals surface area contributed by atoms with Gasteiger partial charge in [-0.1, -0.05) is 78.9 Å². The maximum absolute atomic E-state index is 5.03. The molecule has 2 aliphatic carbocycles. The molecule has 2 aromatic heterocycles. The number of hydrogen-bond acceptors (Lipinski definition) is 3. The first kappa shape index (κ1) is 24.0. The summed E-state index contributed by atoms with van der Waals surface area (Å²) >= 11 is 0. The number of benzene rings is 4. The average molecular weight is 528 g/mol. The number of aryl methyl sites for hydroxylation is 4. The van der Waals surface area contributed by atoms with E-state index in [1.54, 1.807) is 0 Å². The van der Waals surface area contributed by atoms with Crippen LogP contribution in [0.25, 0.3) is 44.8 Å². The first-order chi connectivity index (χ1) is 19.9. The van der Waals surface area contributed by atoms with Crippen LogP contribution in [0.1, 0.15) is 45.0 Å². The molecule has 0 bridgehead atoms. The van der Waals surface area contributed by atoms with Crippen LogP contribution in [0.3, 0.4) is 0 Å². The highest BCUT2D eigenvalue weighted by molar-refractivity contribution is 6.00. The van der Waals surface area contributed by atoms with Gasteiger partial charge in [0.1, 0.15) is 5.82 Å². The quantitative estimate of drug-likeness (QED) is 0.225. The highest BCUT2D eigenvalue weighted by Crippen LogP contribution is 2.64. The minimum Gasteiger partial charge on any atom is -0.253 e.